The SMILES string of the molecule is Nc1nc(N)nc(-c2ccccc2OC(Br)CBr)n1. The molecule has 0 aliphatic rings. The number of rotatable bonds is 4. The van der Waals surface area contributed by atoms with Crippen molar-refractivity contribution >= 4 is 43.8 Å². The van der Waals surface area contributed by atoms with E-state index < -0.39 is 0 Å². The summed E-state index contributed by atoms with van der Waals surface area (Å²) in [6.07, 6.45) is 0. The first kappa shape index (κ1) is 14.0. The highest BCUT2D eigenvalue weighted by atomic mass is 79.9. The molecule has 0 saturated carbocycles. The van der Waals surface area contributed by atoms with Crippen LogP contribution in [0.3, 0.4) is 0 Å². The molecule has 0 spiro atoms. The largest absolute Gasteiger partial charge is 0.478 e. The molecule has 19 heavy (non-hydrogen) atoms. The quantitative estimate of drug-likeness (QED) is 0.778. The summed E-state index contributed by atoms with van der Waals surface area (Å²) >= 11 is 6.70. The van der Waals surface area contributed by atoms with Crippen molar-refractivity contribution in [3.8, 4) is 17.1 Å². The first-order valence-corrected chi connectivity index (χ1v) is 7.37. The van der Waals surface area contributed by atoms with E-state index in [-0.39, 0.29) is 16.9 Å². The summed E-state index contributed by atoms with van der Waals surface area (Å²) in [5, 5.41) is 0.480. The summed E-state index contributed by atoms with van der Waals surface area (Å²) in [6.45, 7) is 0. The van der Waals surface area contributed by atoms with E-state index in [1.807, 2.05) is 24.3 Å². The van der Waals surface area contributed by atoms with Gasteiger partial charge in [0.2, 0.25) is 11.9 Å². The molecule has 100 valence electrons. The van der Waals surface area contributed by atoms with Crippen molar-refractivity contribution < 1.29 is 4.74 Å². The average Bonchev–Trinajstić information content (AvgIpc) is 2.38. The minimum absolute atomic E-state index is 0.0770. The maximum Gasteiger partial charge on any atom is 0.225 e. The molecule has 2 rings (SSSR count). The van der Waals surface area contributed by atoms with Crippen molar-refractivity contribution in [2.75, 3.05) is 16.8 Å². The summed E-state index contributed by atoms with van der Waals surface area (Å²) in [5.74, 6) is 1.17. The van der Waals surface area contributed by atoms with Crippen LogP contribution in [0.25, 0.3) is 11.4 Å². The molecule has 6 nitrogen and oxygen atoms in total. The number of hydrogen-bond donors (Lipinski definition) is 2. The van der Waals surface area contributed by atoms with Crippen molar-refractivity contribution in [3.05, 3.63) is 24.3 Å². The van der Waals surface area contributed by atoms with Crippen LogP contribution in [-0.4, -0.2) is 25.3 Å². The van der Waals surface area contributed by atoms with Crippen molar-refractivity contribution in [1.82, 2.24) is 15.0 Å². The second-order valence-corrected chi connectivity index (χ2v) is 5.22. The Kier molecular flexibility index (Phi) is 4.54. The van der Waals surface area contributed by atoms with Crippen molar-refractivity contribution in [3.63, 3.8) is 0 Å². The molecule has 1 aromatic carbocycles. The minimum atomic E-state index is -0.162. The van der Waals surface area contributed by atoms with E-state index in [1.54, 1.807) is 0 Å². The van der Waals surface area contributed by atoms with Gasteiger partial charge in [0, 0.05) is 0 Å². The normalized spacial score (nSPS) is 12.1. The van der Waals surface area contributed by atoms with Crippen LogP contribution in [0.4, 0.5) is 11.9 Å². The number of hydrogen-bond acceptors (Lipinski definition) is 6. The zero-order chi connectivity index (χ0) is 13.8. The van der Waals surface area contributed by atoms with Gasteiger partial charge in [-0.2, -0.15) is 15.0 Å². The van der Waals surface area contributed by atoms with Crippen LogP contribution in [0.15, 0.2) is 24.3 Å². The fourth-order valence-electron chi connectivity index (χ4n) is 1.45. The average molecular weight is 389 g/mol. The number of anilines is 2. The highest BCUT2D eigenvalue weighted by molar-refractivity contribution is 9.12. The Morgan fingerprint density at radius 1 is 1.11 bits per heavy atom. The Labute approximate surface area is 126 Å². The number of aromatic nitrogens is 3. The topological polar surface area (TPSA) is 99.9 Å². The first-order chi connectivity index (χ1) is 9.10. The number of nitrogens with two attached hydrogens (primary N) is 2. The van der Waals surface area contributed by atoms with E-state index in [9.17, 15) is 0 Å². The number of para-hydroxylation sites is 1. The summed E-state index contributed by atoms with van der Waals surface area (Å²) in [6, 6.07) is 7.37. The van der Waals surface area contributed by atoms with E-state index in [1.165, 1.54) is 0 Å². The molecule has 0 amide bonds. The van der Waals surface area contributed by atoms with E-state index in [0.717, 1.165) is 0 Å². The molecule has 0 saturated heterocycles. The van der Waals surface area contributed by atoms with Crippen LogP contribution >= 0.6 is 31.9 Å². The molecule has 2 aromatic rings. The standard InChI is InChI=1S/C11H11Br2N5O/c12-5-8(13)19-7-4-2-1-3-6(7)9-16-10(14)18-11(15)17-9/h1-4,8H,5H2,(H4,14,15,16,17,18). The number of halogens is 2. The van der Waals surface area contributed by atoms with Gasteiger partial charge in [-0.15, -0.1) is 0 Å². The molecular weight excluding hydrogens is 378 g/mol. The summed E-state index contributed by atoms with van der Waals surface area (Å²) < 4.78 is 5.72. The zero-order valence-electron chi connectivity index (χ0n) is 9.75. The van der Waals surface area contributed by atoms with Gasteiger partial charge in [0.25, 0.3) is 0 Å². The highest BCUT2D eigenvalue weighted by Gasteiger charge is 2.13. The minimum Gasteiger partial charge on any atom is -0.478 e. The third-order valence-corrected chi connectivity index (χ3v) is 4.14. The van der Waals surface area contributed by atoms with Crippen LogP contribution in [0, 0.1) is 0 Å². The van der Waals surface area contributed by atoms with E-state index >= 15 is 0 Å². The number of benzene rings is 1. The maximum absolute atomic E-state index is 5.72. The molecule has 1 aromatic heterocycles. The Morgan fingerprint density at radius 3 is 2.37 bits per heavy atom. The van der Waals surface area contributed by atoms with Gasteiger partial charge in [0.1, 0.15) is 5.75 Å². The second-order valence-electron chi connectivity index (χ2n) is 3.55. The van der Waals surface area contributed by atoms with Gasteiger partial charge >= 0.3 is 0 Å². The van der Waals surface area contributed by atoms with Crippen LogP contribution < -0.4 is 16.2 Å². The van der Waals surface area contributed by atoms with Gasteiger partial charge in [0.05, 0.1) is 10.9 Å². The molecule has 0 fully saturated rings. The van der Waals surface area contributed by atoms with Crippen molar-refractivity contribution in [2.45, 2.75) is 5.01 Å². The molecule has 0 aliphatic heterocycles. The maximum atomic E-state index is 5.72. The Bertz CT molecular complexity index is 561. The monoisotopic (exact) mass is 387 g/mol. The molecule has 4 N–H and O–H groups in total. The van der Waals surface area contributed by atoms with Gasteiger partial charge < -0.3 is 16.2 Å². The molecule has 8 heteroatoms. The first-order valence-electron chi connectivity index (χ1n) is 5.33. The molecule has 1 unspecified atom stereocenters. The number of alkyl halides is 2. The summed E-state index contributed by atoms with van der Waals surface area (Å²) in [5.41, 5.74) is 11.9. The van der Waals surface area contributed by atoms with E-state index in [4.69, 9.17) is 16.2 Å². The number of nitrogens with zero attached hydrogens (tertiary/aromatic N) is 3. The smallest absolute Gasteiger partial charge is 0.225 e. The lowest BCUT2D eigenvalue weighted by molar-refractivity contribution is 0.320. The number of nitrogen functional groups attached to an aromatic ring is 2. The molecule has 1 heterocycles. The molecule has 0 aliphatic carbocycles. The lowest BCUT2D eigenvalue weighted by atomic mass is 10.2. The van der Waals surface area contributed by atoms with Gasteiger partial charge in [0.15, 0.2) is 10.8 Å². The summed E-state index contributed by atoms with van der Waals surface area (Å²) in [7, 11) is 0. The fourth-order valence-corrected chi connectivity index (χ4v) is 1.79. The van der Waals surface area contributed by atoms with E-state index in [2.05, 4.69) is 46.8 Å². The van der Waals surface area contributed by atoms with Crippen LogP contribution in [-0.2, 0) is 0 Å². The van der Waals surface area contributed by atoms with Crippen LogP contribution in [0.1, 0.15) is 0 Å². The van der Waals surface area contributed by atoms with E-state index in [0.29, 0.717) is 22.5 Å². The molecular formula is C11H11Br2N5O. The van der Waals surface area contributed by atoms with Crippen molar-refractivity contribution in [1.29, 1.82) is 0 Å². The lowest BCUT2D eigenvalue weighted by Gasteiger charge is -2.13. The number of ether oxygens (including phenoxy) is 1. The lowest BCUT2D eigenvalue weighted by Crippen LogP contribution is -2.10. The van der Waals surface area contributed by atoms with Gasteiger partial charge in [-0.25, -0.2) is 0 Å². The molecule has 1 atom stereocenters. The third-order valence-electron chi connectivity index (χ3n) is 2.17. The Hall–Kier alpha value is -1.41. The third kappa shape index (κ3) is 3.54. The van der Waals surface area contributed by atoms with Gasteiger partial charge in [-0.3, -0.25) is 0 Å². The second kappa shape index (κ2) is 6.16. The molecule has 0 bridgehead atoms. The summed E-state index contributed by atoms with van der Waals surface area (Å²) in [4.78, 5) is 11.9. The zero-order valence-corrected chi connectivity index (χ0v) is 12.9. The van der Waals surface area contributed by atoms with Crippen LogP contribution in [0.2, 0.25) is 0 Å². The van der Waals surface area contributed by atoms with Crippen molar-refractivity contribution in [2.24, 2.45) is 0 Å². The predicted molar refractivity (Wildman–Crippen MR) is 81.2 cm³/mol. The highest BCUT2D eigenvalue weighted by Crippen LogP contribution is 2.29. The predicted octanol–water partition coefficient (Wildman–Crippen LogP) is 2.20. The van der Waals surface area contributed by atoms with Crippen LogP contribution in [0.5, 0.6) is 5.75 Å². The van der Waals surface area contributed by atoms with Gasteiger partial charge in [-0.1, -0.05) is 28.1 Å². The van der Waals surface area contributed by atoms with Gasteiger partial charge in [-0.05, 0) is 28.1 Å². The Morgan fingerprint density at radius 2 is 1.74 bits per heavy atom. The molecule has 0 radical (unpaired) electrons. The fraction of sp³-hybridized carbons (Fsp3) is 0.182. The Balaban J connectivity index is 2.43.